The van der Waals surface area contributed by atoms with Crippen molar-refractivity contribution in [2.24, 2.45) is 12.1 Å². The van der Waals surface area contributed by atoms with Crippen molar-refractivity contribution >= 4 is 39.1 Å². The van der Waals surface area contributed by atoms with Crippen LogP contribution in [0.3, 0.4) is 0 Å². The summed E-state index contributed by atoms with van der Waals surface area (Å²) in [5, 5.41) is 13.0. The van der Waals surface area contributed by atoms with Gasteiger partial charge in [0.1, 0.15) is 0 Å². The molecule has 0 bridgehead atoms. The average molecular weight is 407 g/mol. The van der Waals surface area contributed by atoms with E-state index in [0.29, 0.717) is 11.3 Å². The van der Waals surface area contributed by atoms with Crippen molar-refractivity contribution in [2.45, 2.75) is 19.3 Å². The van der Waals surface area contributed by atoms with E-state index in [1.165, 1.54) is 11.3 Å². The standard InChI is InChI=1S/C21H21N5O2S/c1-25-17-10-5-6-11-18(17)29-21(25)24-23-19(27)12-13-20(28)26(15-7-14-22)16-8-3-2-4-9-16/h2-6,8-11H,7,12-13,15H2,1H3,(H,23,27)/b24-21+. The van der Waals surface area contributed by atoms with E-state index in [0.717, 1.165) is 15.9 Å². The van der Waals surface area contributed by atoms with Gasteiger partial charge in [0.15, 0.2) is 0 Å². The first-order chi connectivity index (χ1) is 14.1. The Morgan fingerprint density at radius 1 is 1.14 bits per heavy atom. The number of para-hydroxylation sites is 2. The van der Waals surface area contributed by atoms with E-state index in [1.54, 1.807) is 4.90 Å². The summed E-state index contributed by atoms with van der Waals surface area (Å²) in [6.45, 7) is 0.295. The lowest BCUT2D eigenvalue weighted by atomic mass is 10.2. The predicted molar refractivity (Wildman–Crippen MR) is 113 cm³/mol. The first-order valence-electron chi connectivity index (χ1n) is 9.19. The van der Waals surface area contributed by atoms with Crippen LogP contribution in [0.25, 0.3) is 10.2 Å². The third kappa shape index (κ3) is 5.09. The first kappa shape index (κ1) is 20.3. The zero-order valence-electron chi connectivity index (χ0n) is 16.0. The number of nitrogens with one attached hydrogen (secondary N) is 1. The molecule has 0 atom stereocenters. The number of thiazole rings is 1. The highest BCUT2D eigenvalue weighted by molar-refractivity contribution is 7.16. The molecule has 0 spiro atoms. The van der Waals surface area contributed by atoms with E-state index < -0.39 is 0 Å². The highest BCUT2D eigenvalue weighted by Crippen LogP contribution is 2.16. The van der Waals surface area contributed by atoms with Gasteiger partial charge in [-0.1, -0.05) is 41.7 Å². The van der Waals surface area contributed by atoms with Gasteiger partial charge in [-0.3, -0.25) is 9.59 Å². The van der Waals surface area contributed by atoms with Gasteiger partial charge in [0.25, 0.3) is 0 Å². The van der Waals surface area contributed by atoms with Gasteiger partial charge < -0.3 is 9.47 Å². The van der Waals surface area contributed by atoms with Gasteiger partial charge >= 0.3 is 0 Å². The second kappa shape index (κ2) is 9.66. The van der Waals surface area contributed by atoms with Gasteiger partial charge in [0.05, 0.1) is 22.7 Å². The molecule has 0 aliphatic heterocycles. The Labute approximate surface area is 172 Å². The zero-order chi connectivity index (χ0) is 20.6. The Hall–Kier alpha value is -3.44. The van der Waals surface area contributed by atoms with Crippen molar-refractivity contribution in [3.63, 3.8) is 0 Å². The molecule has 1 aromatic heterocycles. The monoisotopic (exact) mass is 407 g/mol. The fourth-order valence-electron chi connectivity index (χ4n) is 2.88. The smallest absolute Gasteiger partial charge is 0.240 e. The molecule has 0 fully saturated rings. The van der Waals surface area contributed by atoms with Crippen molar-refractivity contribution in [3.05, 3.63) is 59.4 Å². The van der Waals surface area contributed by atoms with Crippen molar-refractivity contribution in [1.29, 1.82) is 5.26 Å². The highest BCUT2D eigenvalue weighted by Gasteiger charge is 2.16. The second-order valence-corrected chi connectivity index (χ2v) is 7.36. The Morgan fingerprint density at radius 2 is 1.86 bits per heavy atom. The second-order valence-electron chi connectivity index (χ2n) is 6.35. The molecule has 29 heavy (non-hydrogen) atoms. The van der Waals surface area contributed by atoms with Crippen LogP contribution in [0.1, 0.15) is 19.3 Å². The van der Waals surface area contributed by atoms with Crippen molar-refractivity contribution in [1.82, 2.24) is 9.99 Å². The summed E-state index contributed by atoms with van der Waals surface area (Å²) < 4.78 is 2.99. The van der Waals surface area contributed by atoms with Crippen LogP contribution in [0.2, 0.25) is 0 Å². The molecule has 1 N–H and O–H groups in total. The maximum Gasteiger partial charge on any atom is 0.240 e. The summed E-state index contributed by atoms with van der Waals surface area (Å²) in [5.41, 5.74) is 4.29. The number of rotatable bonds is 7. The lowest BCUT2D eigenvalue weighted by molar-refractivity contribution is -0.125. The molecule has 0 aliphatic carbocycles. The third-order valence-corrected chi connectivity index (χ3v) is 5.49. The zero-order valence-corrected chi connectivity index (χ0v) is 16.9. The molecule has 0 radical (unpaired) electrons. The molecule has 2 amide bonds. The summed E-state index contributed by atoms with van der Waals surface area (Å²) in [5.74, 6) is -0.530. The van der Waals surface area contributed by atoms with Crippen LogP contribution in [0.5, 0.6) is 0 Å². The number of carbonyl (C=O) groups is 2. The van der Waals surface area contributed by atoms with Crippen molar-refractivity contribution in [3.8, 4) is 6.07 Å². The van der Waals surface area contributed by atoms with Crippen LogP contribution < -0.4 is 15.1 Å². The molecule has 0 aliphatic rings. The maximum atomic E-state index is 12.6. The molecule has 0 unspecified atom stereocenters. The SMILES string of the molecule is Cn1/c(=N\NC(=O)CCC(=O)N(CCC#N)c2ccccc2)sc2ccccc21. The molecule has 0 saturated carbocycles. The van der Waals surface area contributed by atoms with Crippen molar-refractivity contribution in [2.75, 3.05) is 11.4 Å². The highest BCUT2D eigenvalue weighted by atomic mass is 32.1. The maximum absolute atomic E-state index is 12.6. The molecule has 3 aromatic rings. The number of aryl methyl sites for hydroxylation is 1. The summed E-state index contributed by atoms with van der Waals surface area (Å²) >= 11 is 1.48. The number of hydrogen-bond donors (Lipinski definition) is 1. The molecule has 1 heterocycles. The predicted octanol–water partition coefficient (Wildman–Crippen LogP) is 2.90. The third-order valence-electron chi connectivity index (χ3n) is 4.37. The molecule has 3 rings (SSSR count). The van der Waals surface area contributed by atoms with E-state index in [9.17, 15) is 9.59 Å². The van der Waals surface area contributed by atoms with Crippen LogP contribution in [-0.4, -0.2) is 22.9 Å². The summed E-state index contributed by atoms with van der Waals surface area (Å²) in [7, 11) is 1.89. The quantitative estimate of drug-likeness (QED) is 0.611. The lowest BCUT2D eigenvalue weighted by Gasteiger charge is -2.21. The fourth-order valence-corrected chi connectivity index (χ4v) is 3.86. The van der Waals surface area contributed by atoms with Crippen LogP contribution in [-0.2, 0) is 16.6 Å². The number of fused-ring (bicyclic) bond motifs is 1. The Balaban J connectivity index is 1.62. The van der Waals surface area contributed by atoms with Crippen LogP contribution in [0.15, 0.2) is 59.7 Å². The van der Waals surface area contributed by atoms with Crippen LogP contribution >= 0.6 is 11.3 Å². The number of amides is 2. The van der Waals surface area contributed by atoms with E-state index in [-0.39, 0.29) is 31.1 Å². The van der Waals surface area contributed by atoms with Gasteiger partial charge in [0.2, 0.25) is 16.6 Å². The van der Waals surface area contributed by atoms with E-state index in [4.69, 9.17) is 5.26 Å². The average Bonchev–Trinajstić information content (AvgIpc) is 3.07. The van der Waals surface area contributed by atoms with Crippen molar-refractivity contribution < 1.29 is 9.59 Å². The van der Waals surface area contributed by atoms with Gasteiger partial charge in [-0.25, -0.2) is 5.43 Å². The topological polar surface area (TPSA) is 90.5 Å². The number of carbonyl (C=O) groups excluding carboxylic acids is 2. The first-order valence-corrected chi connectivity index (χ1v) is 10.0. The van der Waals surface area contributed by atoms with Gasteiger partial charge in [0, 0.05) is 32.1 Å². The summed E-state index contributed by atoms with van der Waals surface area (Å²) in [6.07, 6.45) is 0.289. The molecule has 8 heteroatoms. The number of benzene rings is 2. The summed E-state index contributed by atoms with van der Waals surface area (Å²) in [6, 6.07) is 19.1. The van der Waals surface area contributed by atoms with Gasteiger partial charge in [-0.15, -0.1) is 5.10 Å². The fraction of sp³-hybridized carbons (Fsp3) is 0.238. The minimum atomic E-state index is -0.330. The minimum Gasteiger partial charge on any atom is -0.318 e. The normalized spacial score (nSPS) is 11.2. The summed E-state index contributed by atoms with van der Waals surface area (Å²) in [4.78, 5) is 27.0. The Kier molecular flexibility index (Phi) is 6.76. The molecule has 7 nitrogen and oxygen atoms in total. The van der Waals surface area contributed by atoms with E-state index in [2.05, 4.69) is 16.6 Å². The Morgan fingerprint density at radius 3 is 2.59 bits per heavy atom. The van der Waals surface area contributed by atoms with E-state index in [1.807, 2.05) is 66.2 Å². The molecular formula is C21H21N5O2S. The number of aromatic nitrogens is 1. The molecule has 2 aromatic carbocycles. The number of nitriles is 1. The van der Waals surface area contributed by atoms with Gasteiger partial charge in [-0.05, 0) is 24.3 Å². The Bertz CT molecular complexity index is 1110. The number of anilines is 1. The number of hydrogen-bond acceptors (Lipinski definition) is 5. The lowest BCUT2D eigenvalue weighted by Crippen LogP contribution is -2.33. The largest absolute Gasteiger partial charge is 0.318 e. The molecule has 148 valence electrons. The minimum absolute atomic E-state index is 0.0207. The molecule has 0 saturated heterocycles. The van der Waals surface area contributed by atoms with E-state index >= 15 is 0 Å². The molecular weight excluding hydrogens is 386 g/mol. The van der Waals surface area contributed by atoms with Crippen LogP contribution in [0, 0.1) is 11.3 Å². The number of nitrogens with zero attached hydrogens (tertiary/aromatic N) is 4. The van der Waals surface area contributed by atoms with Crippen LogP contribution in [0.4, 0.5) is 5.69 Å². The van der Waals surface area contributed by atoms with Gasteiger partial charge in [-0.2, -0.15) is 5.26 Å².